The quantitative estimate of drug-likeness (QED) is 0.209. The van der Waals surface area contributed by atoms with Gasteiger partial charge in [-0.05, 0) is 101 Å². The van der Waals surface area contributed by atoms with E-state index in [0.29, 0.717) is 30.0 Å². The van der Waals surface area contributed by atoms with Gasteiger partial charge in [-0.3, -0.25) is 14.6 Å². The first-order valence-electron chi connectivity index (χ1n) is 13.8. The van der Waals surface area contributed by atoms with Crippen LogP contribution in [-0.4, -0.2) is 52.5 Å². The molecule has 1 aliphatic heterocycles. The average molecular weight is 575 g/mol. The zero-order chi connectivity index (χ0) is 29.9. The molecule has 1 aromatic heterocycles. The minimum absolute atomic E-state index is 0.0200. The highest BCUT2D eigenvalue weighted by Crippen LogP contribution is 2.34. The van der Waals surface area contributed by atoms with Gasteiger partial charge in [0.2, 0.25) is 0 Å². The molecule has 4 rings (SSSR count). The van der Waals surface area contributed by atoms with Crippen LogP contribution in [-0.2, 0) is 11.2 Å². The molecule has 1 amide bonds. The molecule has 1 saturated heterocycles. The standard InChI is InChI=1S/C33H38N2O5S/c1-20-14-24(15-21(2)31(20)40-33(5,6)23(4)36)16-26-18-35(32(38)39-27-11-8-22(3)34-17-27)19-29(26)30(37)25-9-12-28(41-7)13-10-25/h8-15,17,26,29H,16,18-19H2,1-7H3/t26-,29-/m0/s1. The molecule has 0 N–H and O–H groups in total. The number of Topliss-reactive ketones (excluding diaryl/α,β-unsaturated/α-hetero) is 2. The SMILES string of the molecule is CSc1ccc(C(=O)[C@H]2CN(C(=O)Oc3ccc(C)nc3)C[C@@H]2Cc2cc(C)c(OC(C)(C)C(C)=O)c(C)c2)cc1. The van der Waals surface area contributed by atoms with Crippen molar-refractivity contribution >= 4 is 29.4 Å². The van der Waals surface area contributed by atoms with Crippen molar-refractivity contribution in [1.82, 2.24) is 9.88 Å². The third-order valence-corrected chi connectivity index (χ3v) is 8.47. The minimum atomic E-state index is -0.931. The van der Waals surface area contributed by atoms with E-state index in [1.165, 1.54) is 13.1 Å². The average Bonchev–Trinajstić information content (AvgIpc) is 3.35. The number of carbonyl (C=O) groups is 3. The van der Waals surface area contributed by atoms with E-state index in [2.05, 4.69) is 4.98 Å². The summed E-state index contributed by atoms with van der Waals surface area (Å²) in [6.45, 7) is 11.5. The van der Waals surface area contributed by atoms with Gasteiger partial charge in [0.05, 0.1) is 6.20 Å². The predicted molar refractivity (Wildman–Crippen MR) is 161 cm³/mol. The zero-order valence-corrected chi connectivity index (χ0v) is 25.6. The molecule has 2 aromatic carbocycles. The molecule has 1 fully saturated rings. The molecule has 0 saturated carbocycles. The van der Waals surface area contributed by atoms with Crippen molar-refractivity contribution in [2.75, 3.05) is 19.3 Å². The van der Waals surface area contributed by atoms with Crippen LogP contribution < -0.4 is 9.47 Å². The highest BCUT2D eigenvalue weighted by molar-refractivity contribution is 7.98. The number of nitrogens with zero attached hydrogens (tertiary/aromatic N) is 2. The first kappa shape index (κ1) is 30.3. The van der Waals surface area contributed by atoms with Crippen molar-refractivity contribution in [1.29, 1.82) is 0 Å². The number of benzene rings is 2. The lowest BCUT2D eigenvalue weighted by molar-refractivity contribution is -0.129. The summed E-state index contributed by atoms with van der Waals surface area (Å²) >= 11 is 1.62. The van der Waals surface area contributed by atoms with Crippen LogP contribution in [0.4, 0.5) is 4.79 Å². The maximum absolute atomic E-state index is 13.8. The number of ether oxygens (including phenoxy) is 2. The molecular formula is C33H38N2O5S. The highest BCUT2D eigenvalue weighted by atomic mass is 32.2. The maximum atomic E-state index is 13.8. The number of hydrogen-bond donors (Lipinski definition) is 0. The van der Waals surface area contributed by atoms with Gasteiger partial charge < -0.3 is 14.4 Å². The fraction of sp³-hybridized carbons (Fsp3) is 0.394. The van der Waals surface area contributed by atoms with Crippen LogP contribution in [0.25, 0.3) is 0 Å². The molecule has 2 atom stereocenters. The lowest BCUT2D eigenvalue weighted by Gasteiger charge is -2.26. The van der Waals surface area contributed by atoms with Crippen molar-refractivity contribution in [2.24, 2.45) is 11.8 Å². The summed E-state index contributed by atoms with van der Waals surface area (Å²) in [4.78, 5) is 45.9. The number of hydrogen-bond acceptors (Lipinski definition) is 7. The van der Waals surface area contributed by atoms with Crippen molar-refractivity contribution in [3.8, 4) is 11.5 Å². The first-order chi connectivity index (χ1) is 19.4. The minimum Gasteiger partial charge on any atom is -0.480 e. The van der Waals surface area contributed by atoms with E-state index in [1.807, 2.05) is 63.4 Å². The van der Waals surface area contributed by atoms with Crippen LogP contribution >= 0.6 is 11.8 Å². The third kappa shape index (κ3) is 7.17. The predicted octanol–water partition coefficient (Wildman–Crippen LogP) is 6.65. The molecule has 2 heterocycles. The Hall–Kier alpha value is -3.65. The summed E-state index contributed by atoms with van der Waals surface area (Å²) in [6.07, 6.45) is 3.64. The summed E-state index contributed by atoms with van der Waals surface area (Å²) < 4.78 is 11.7. The molecular weight excluding hydrogens is 536 g/mol. The van der Waals surface area contributed by atoms with E-state index in [1.54, 1.807) is 42.6 Å². The van der Waals surface area contributed by atoms with Gasteiger partial charge in [-0.1, -0.05) is 24.3 Å². The number of pyridine rings is 1. The van der Waals surface area contributed by atoms with Crippen LogP contribution in [0.5, 0.6) is 11.5 Å². The Balaban J connectivity index is 1.59. The monoisotopic (exact) mass is 574 g/mol. The summed E-state index contributed by atoms with van der Waals surface area (Å²) in [5.74, 6) is 0.546. The fourth-order valence-corrected chi connectivity index (χ4v) is 5.53. The molecule has 0 spiro atoms. The van der Waals surface area contributed by atoms with Crippen molar-refractivity contribution < 1.29 is 23.9 Å². The van der Waals surface area contributed by atoms with Gasteiger partial charge in [-0.15, -0.1) is 11.8 Å². The van der Waals surface area contributed by atoms with Gasteiger partial charge in [0.1, 0.15) is 5.75 Å². The van der Waals surface area contributed by atoms with Crippen molar-refractivity contribution in [2.45, 2.75) is 58.5 Å². The Morgan fingerprint density at radius 3 is 2.22 bits per heavy atom. The number of amides is 1. The van der Waals surface area contributed by atoms with Crippen molar-refractivity contribution in [3.05, 3.63) is 82.7 Å². The summed E-state index contributed by atoms with van der Waals surface area (Å²) in [7, 11) is 0. The maximum Gasteiger partial charge on any atom is 0.415 e. The van der Waals surface area contributed by atoms with Gasteiger partial charge in [0.25, 0.3) is 0 Å². The van der Waals surface area contributed by atoms with Gasteiger partial charge >= 0.3 is 6.09 Å². The molecule has 7 nitrogen and oxygen atoms in total. The molecule has 1 aliphatic rings. The lowest BCUT2D eigenvalue weighted by atomic mass is 9.84. The van der Waals surface area contributed by atoms with Crippen LogP contribution in [0.15, 0.2) is 59.6 Å². The molecule has 0 bridgehead atoms. The number of aryl methyl sites for hydroxylation is 3. The first-order valence-corrected chi connectivity index (χ1v) is 15.0. The number of likely N-dealkylation sites (tertiary alicyclic amines) is 1. The third-order valence-electron chi connectivity index (χ3n) is 7.72. The largest absolute Gasteiger partial charge is 0.480 e. The van der Waals surface area contributed by atoms with E-state index in [-0.39, 0.29) is 29.9 Å². The summed E-state index contributed by atoms with van der Waals surface area (Å²) in [5, 5.41) is 0. The zero-order valence-electron chi connectivity index (χ0n) is 24.8. The van der Waals surface area contributed by atoms with Crippen LogP contribution in [0.3, 0.4) is 0 Å². The second-order valence-electron chi connectivity index (χ2n) is 11.3. The van der Waals surface area contributed by atoms with E-state index < -0.39 is 11.7 Å². The number of thioether (sulfide) groups is 1. The normalized spacial score (nSPS) is 16.9. The number of rotatable bonds is 9. The van der Waals surface area contributed by atoms with Crippen LogP contribution in [0, 0.1) is 32.6 Å². The van der Waals surface area contributed by atoms with E-state index in [4.69, 9.17) is 9.47 Å². The molecule has 8 heteroatoms. The highest BCUT2D eigenvalue weighted by Gasteiger charge is 2.40. The Morgan fingerprint density at radius 1 is 1.00 bits per heavy atom. The molecule has 3 aromatic rings. The lowest BCUT2D eigenvalue weighted by Crippen LogP contribution is -2.36. The van der Waals surface area contributed by atoms with Gasteiger partial charge in [-0.2, -0.15) is 0 Å². The van der Waals surface area contributed by atoms with E-state index in [9.17, 15) is 14.4 Å². The topological polar surface area (TPSA) is 85.8 Å². The second kappa shape index (κ2) is 12.5. The van der Waals surface area contributed by atoms with Crippen LogP contribution in [0.2, 0.25) is 0 Å². The van der Waals surface area contributed by atoms with E-state index in [0.717, 1.165) is 27.3 Å². The van der Waals surface area contributed by atoms with Gasteiger partial charge in [0.15, 0.2) is 22.9 Å². The Morgan fingerprint density at radius 2 is 1.66 bits per heavy atom. The van der Waals surface area contributed by atoms with Gasteiger partial charge in [0, 0.05) is 35.2 Å². The Bertz CT molecular complexity index is 1410. The second-order valence-corrected chi connectivity index (χ2v) is 12.2. The molecule has 0 unspecified atom stereocenters. The molecule has 0 radical (unpaired) electrons. The number of carbonyl (C=O) groups excluding carboxylic acids is 3. The number of aromatic nitrogens is 1. The van der Waals surface area contributed by atoms with Crippen LogP contribution in [0.1, 0.15) is 53.5 Å². The van der Waals surface area contributed by atoms with Crippen molar-refractivity contribution in [3.63, 3.8) is 0 Å². The smallest absolute Gasteiger partial charge is 0.415 e. The summed E-state index contributed by atoms with van der Waals surface area (Å²) in [6, 6.07) is 15.2. The fourth-order valence-electron chi connectivity index (χ4n) is 5.12. The van der Waals surface area contributed by atoms with E-state index >= 15 is 0 Å². The Kier molecular flexibility index (Phi) is 9.22. The van der Waals surface area contributed by atoms with Gasteiger partial charge in [-0.25, -0.2) is 4.79 Å². The molecule has 41 heavy (non-hydrogen) atoms. The Labute approximate surface area is 246 Å². The molecule has 216 valence electrons. The summed E-state index contributed by atoms with van der Waals surface area (Å²) in [5.41, 5.74) is 3.43. The molecule has 0 aliphatic carbocycles. The number of ketones is 2.